The Morgan fingerprint density at radius 3 is 2.60 bits per heavy atom. The lowest BCUT2D eigenvalue weighted by molar-refractivity contribution is -0.0767. The van der Waals surface area contributed by atoms with Crippen LogP contribution in [-0.2, 0) is 4.74 Å². The van der Waals surface area contributed by atoms with Gasteiger partial charge >= 0.3 is 0 Å². The van der Waals surface area contributed by atoms with E-state index in [1.807, 2.05) is 19.9 Å². The number of fused-ring (bicyclic) bond motifs is 1. The smallest absolute Gasteiger partial charge is 0.230 e. The summed E-state index contributed by atoms with van der Waals surface area (Å²) in [6.07, 6.45) is 1.54. The molecule has 4 heterocycles. The summed E-state index contributed by atoms with van der Waals surface area (Å²) in [6, 6.07) is 9.72. The van der Waals surface area contributed by atoms with Crippen LogP contribution >= 0.6 is 11.3 Å². The van der Waals surface area contributed by atoms with Crippen LogP contribution < -0.4 is 0 Å². The van der Waals surface area contributed by atoms with Gasteiger partial charge in [-0.05, 0) is 32.0 Å². The van der Waals surface area contributed by atoms with Crippen LogP contribution in [-0.4, -0.2) is 49.9 Å². The minimum Gasteiger partial charge on any atom is -0.492 e. The fourth-order valence-electron chi connectivity index (χ4n) is 4.07. The zero-order valence-electron chi connectivity index (χ0n) is 16.5. The SMILES string of the molecule is C[C@@H]1CN([C@H](c2ccccc2F)c2sc3nc(-c4ccco4)nn3c2O)C[C@@H](C)O1. The van der Waals surface area contributed by atoms with Gasteiger partial charge in [0.2, 0.25) is 16.7 Å². The third-order valence-corrected chi connectivity index (χ3v) is 6.27. The predicted molar refractivity (Wildman–Crippen MR) is 110 cm³/mol. The molecule has 156 valence electrons. The fourth-order valence-corrected chi connectivity index (χ4v) is 5.18. The maximum Gasteiger partial charge on any atom is 0.230 e. The van der Waals surface area contributed by atoms with Crippen LogP contribution in [0.25, 0.3) is 16.5 Å². The Labute approximate surface area is 176 Å². The first-order valence-corrected chi connectivity index (χ1v) is 10.6. The van der Waals surface area contributed by atoms with E-state index in [9.17, 15) is 9.50 Å². The number of benzene rings is 1. The molecule has 0 bridgehead atoms. The first-order valence-electron chi connectivity index (χ1n) is 9.77. The molecule has 3 aromatic heterocycles. The lowest BCUT2D eigenvalue weighted by atomic mass is 10.0. The van der Waals surface area contributed by atoms with E-state index in [-0.39, 0.29) is 23.9 Å². The van der Waals surface area contributed by atoms with Crippen LogP contribution in [0.15, 0.2) is 47.1 Å². The molecule has 9 heteroatoms. The lowest BCUT2D eigenvalue weighted by Crippen LogP contribution is -2.47. The Hall–Kier alpha value is -2.75. The third kappa shape index (κ3) is 3.28. The van der Waals surface area contributed by atoms with E-state index in [1.165, 1.54) is 21.9 Å². The van der Waals surface area contributed by atoms with Gasteiger partial charge in [0, 0.05) is 18.7 Å². The maximum atomic E-state index is 14.9. The first kappa shape index (κ1) is 19.2. The van der Waals surface area contributed by atoms with Gasteiger partial charge in [0.05, 0.1) is 29.4 Å². The van der Waals surface area contributed by atoms with Gasteiger partial charge in [-0.3, -0.25) is 4.90 Å². The average Bonchev–Trinajstić information content (AvgIpc) is 3.42. The van der Waals surface area contributed by atoms with Crippen LogP contribution in [0.3, 0.4) is 0 Å². The van der Waals surface area contributed by atoms with Crippen molar-refractivity contribution in [1.29, 1.82) is 0 Å². The van der Waals surface area contributed by atoms with Crippen molar-refractivity contribution in [2.24, 2.45) is 0 Å². The summed E-state index contributed by atoms with van der Waals surface area (Å²) in [5.74, 6) is 0.557. The number of nitrogens with zero attached hydrogens (tertiary/aromatic N) is 4. The molecule has 0 unspecified atom stereocenters. The number of morpholine rings is 1. The van der Waals surface area contributed by atoms with E-state index in [2.05, 4.69) is 15.0 Å². The molecule has 1 N–H and O–H groups in total. The van der Waals surface area contributed by atoms with Crippen molar-refractivity contribution in [2.75, 3.05) is 13.1 Å². The van der Waals surface area contributed by atoms with Crippen LogP contribution in [0.4, 0.5) is 4.39 Å². The van der Waals surface area contributed by atoms with Crippen molar-refractivity contribution in [3.8, 4) is 17.5 Å². The Morgan fingerprint density at radius 1 is 1.17 bits per heavy atom. The molecule has 30 heavy (non-hydrogen) atoms. The van der Waals surface area contributed by atoms with E-state index in [0.717, 1.165) is 0 Å². The van der Waals surface area contributed by atoms with Crippen LogP contribution in [0.2, 0.25) is 0 Å². The highest BCUT2D eigenvalue weighted by Gasteiger charge is 2.35. The summed E-state index contributed by atoms with van der Waals surface area (Å²) < 4.78 is 27.5. The zero-order chi connectivity index (χ0) is 20.8. The van der Waals surface area contributed by atoms with E-state index in [1.54, 1.807) is 30.5 Å². The van der Waals surface area contributed by atoms with Gasteiger partial charge in [0.25, 0.3) is 0 Å². The second-order valence-electron chi connectivity index (χ2n) is 7.53. The average molecular weight is 428 g/mol. The molecule has 0 spiro atoms. The van der Waals surface area contributed by atoms with E-state index < -0.39 is 6.04 Å². The van der Waals surface area contributed by atoms with Crippen molar-refractivity contribution in [2.45, 2.75) is 32.1 Å². The van der Waals surface area contributed by atoms with Gasteiger partial charge in [-0.15, -0.1) is 5.10 Å². The van der Waals surface area contributed by atoms with Crippen molar-refractivity contribution in [3.05, 3.63) is 58.9 Å². The Morgan fingerprint density at radius 2 is 1.93 bits per heavy atom. The van der Waals surface area contributed by atoms with Gasteiger partial charge in [0.1, 0.15) is 5.82 Å². The molecule has 0 radical (unpaired) electrons. The van der Waals surface area contributed by atoms with Crippen LogP contribution in [0.1, 0.15) is 30.3 Å². The summed E-state index contributed by atoms with van der Waals surface area (Å²) in [5, 5.41) is 15.4. The number of ether oxygens (including phenoxy) is 1. The van der Waals surface area contributed by atoms with Crippen molar-refractivity contribution in [3.63, 3.8) is 0 Å². The number of rotatable bonds is 4. The summed E-state index contributed by atoms with van der Waals surface area (Å²) in [4.78, 5) is 7.76. The van der Waals surface area contributed by atoms with E-state index >= 15 is 0 Å². The molecule has 1 aliphatic heterocycles. The fraction of sp³-hybridized carbons (Fsp3) is 0.333. The number of thiazole rings is 1. The highest BCUT2D eigenvalue weighted by Crippen LogP contribution is 2.42. The molecule has 0 amide bonds. The molecule has 4 aromatic rings. The van der Waals surface area contributed by atoms with Crippen LogP contribution in [0.5, 0.6) is 5.88 Å². The van der Waals surface area contributed by atoms with Gasteiger partial charge in [-0.1, -0.05) is 29.5 Å². The summed E-state index contributed by atoms with van der Waals surface area (Å²) >= 11 is 1.30. The molecular weight excluding hydrogens is 407 g/mol. The number of hydrogen-bond acceptors (Lipinski definition) is 7. The first-order chi connectivity index (χ1) is 14.5. The molecule has 7 nitrogen and oxygen atoms in total. The Kier molecular flexibility index (Phi) is 4.80. The zero-order valence-corrected chi connectivity index (χ0v) is 17.3. The molecular formula is C21H21FN4O3S. The Balaban J connectivity index is 1.62. The molecule has 1 fully saturated rings. The van der Waals surface area contributed by atoms with Crippen molar-refractivity contribution < 1.29 is 18.7 Å². The number of aromatic nitrogens is 3. The summed E-state index contributed by atoms with van der Waals surface area (Å²) in [7, 11) is 0. The minimum absolute atomic E-state index is 0.00195. The summed E-state index contributed by atoms with van der Waals surface area (Å²) in [6.45, 7) is 5.24. The number of hydrogen-bond donors (Lipinski definition) is 1. The topological polar surface area (TPSA) is 76.0 Å². The summed E-state index contributed by atoms with van der Waals surface area (Å²) in [5.41, 5.74) is 0.505. The van der Waals surface area contributed by atoms with Gasteiger partial charge in [-0.25, -0.2) is 4.39 Å². The molecule has 1 aliphatic rings. The number of halogens is 1. The molecule has 0 saturated carbocycles. The predicted octanol–water partition coefficient (Wildman–Crippen LogP) is 4.09. The highest BCUT2D eigenvalue weighted by molar-refractivity contribution is 7.17. The second kappa shape index (κ2) is 7.50. The molecule has 3 atom stereocenters. The molecule has 1 aromatic carbocycles. The van der Waals surface area contributed by atoms with Crippen molar-refractivity contribution >= 4 is 16.3 Å². The van der Waals surface area contributed by atoms with E-state index in [0.29, 0.717) is 40.1 Å². The highest BCUT2D eigenvalue weighted by atomic mass is 32.1. The standard InChI is InChI=1S/C21H21FN4O3S/c1-12-10-25(11-13(2)29-12)17(14-6-3-4-7-15(14)22)18-20(27)26-21(30-18)23-19(24-26)16-8-5-9-28-16/h3-9,12-13,17,27H,10-11H2,1-2H3/t12-,13-,17-/m1/s1. The maximum absolute atomic E-state index is 14.9. The minimum atomic E-state index is -0.472. The third-order valence-electron chi connectivity index (χ3n) is 5.20. The monoisotopic (exact) mass is 428 g/mol. The number of aromatic hydroxyl groups is 1. The lowest BCUT2D eigenvalue weighted by Gasteiger charge is -2.40. The Bertz CT molecular complexity index is 1160. The molecule has 0 aliphatic carbocycles. The second-order valence-corrected chi connectivity index (χ2v) is 8.54. The van der Waals surface area contributed by atoms with Gasteiger partial charge < -0.3 is 14.3 Å². The largest absolute Gasteiger partial charge is 0.492 e. The van der Waals surface area contributed by atoms with Crippen LogP contribution in [0, 0.1) is 5.82 Å². The molecule has 1 saturated heterocycles. The quantitative estimate of drug-likeness (QED) is 0.528. The number of furan rings is 1. The van der Waals surface area contributed by atoms with Crippen molar-refractivity contribution in [1.82, 2.24) is 19.5 Å². The van der Waals surface area contributed by atoms with Gasteiger partial charge in [0.15, 0.2) is 5.76 Å². The van der Waals surface area contributed by atoms with Gasteiger partial charge in [-0.2, -0.15) is 9.50 Å². The normalized spacial score (nSPS) is 21.3. The van der Waals surface area contributed by atoms with E-state index in [4.69, 9.17) is 9.15 Å². The molecule has 5 rings (SSSR count).